The summed E-state index contributed by atoms with van der Waals surface area (Å²) in [7, 11) is 1.90. The summed E-state index contributed by atoms with van der Waals surface area (Å²) in [6.45, 7) is 8.82. The van der Waals surface area contributed by atoms with E-state index in [1.807, 2.05) is 66.1 Å². The smallest absolute Gasteiger partial charge is 0.223 e. The number of piperidine rings is 1. The van der Waals surface area contributed by atoms with Crippen LogP contribution in [0.4, 0.5) is 0 Å². The lowest BCUT2D eigenvalue weighted by molar-refractivity contribution is -0.135. The number of hydrogen-bond acceptors (Lipinski definition) is 4. The molecule has 0 aliphatic carbocycles. The van der Waals surface area contributed by atoms with E-state index in [-0.39, 0.29) is 11.3 Å². The van der Waals surface area contributed by atoms with Crippen molar-refractivity contribution in [2.24, 2.45) is 5.41 Å². The molecule has 198 valence electrons. The topological polar surface area (TPSA) is 50.6 Å². The van der Waals surface area contributed by atoms with Crippen LogP contribution in [0.2, 0.25) is 5.02 Å². The minimum atomic E-state index is -0.271. The molecule has 0 spiro atoms. The van der Waals surface area contributed by atoms with Crippen LogP contribution in [-0.4, -0.2) is 52.2 Å². The lowest BCUT2D eigenvalue weighted by Gasteiger charge is -2.43. The van der Waals surface area contributed by atoms with Gasteiger partial charge in [0.05, 0.1) is 12.8 Å². The minimum Gasteiger partial charge on any atom is -0.493 e. The van der Waals surface area contributed by atoms with Gasteiger partial charge in [-0.15, -0.1) is 0 Å². The number of likely N-dealkylation sites (tertiary alicyclic amines) is 1. The highest BCUT2D eigenvalue weighted by Gasteiger charge is 2.39. The van der Waals surface area contributed by atoms with Crippen molar-refractivity contribution in [2.45, 2.75) is 59.2 Å². The van der Waals surface area contributed by atoms with Gasteiger partial charge in [-0.3, -0.25) is 14.4 Å². The van der Waals surface area contributed by atoms with Crippen LogP contribution in [0.15, 0.2) is 60.9 Å². The molecule has 0 bridgehead atoms. The predicted octanol–water partition coefficient (Wildman–Crippen LogP) is 5.96. The van der Waals surface area contributed by atoms with Crippen molar-refractivity contribution in [1.29, 1.82) is 0 Å². The van der Waals surface area contributed by atoms with E-state index in [9.17, 15) is 4.79 Å². The Bertz CT molecular complexity index is 1170. The van der Waals surface area contributed by atoms with E-state index in [2.05, 4.69) is 35.3 Å². The van der Waals surface area contributed by atoms with Crippen molar-refractivity contribution in [1.82, 2.24) is 19.6 Å². The zero-order valence-corrected chi connectivity index (χ0v) is 23.1. The Labute approximate surface area is 226 Å². The fourth-order valence-electron chi connectivity index (χ4n) is 5.20. The number of rotatable bonds is 11. The summed E-state index contributed by atoms with van der Waals surface area (Å²) in [5, 5.41) is 5.23. The van der Waals surface area contributed by atoms with Gasteiger partial charge in [-0.25, -0.2) is 0 Å². The molecule has 37 heavy (non-hydrogen) atoms. The summed E-state index contributed by atoms with van der Waals surface area (Å²) >= 11 is 6.23. The lowest BCUT2D eigenvalue weighted by atomic mass is 9.77. The van der Waals surface area contributed by atoms with Crippen molar-refractivity contribution in [3.8, 4) is 5.75 Å². The van der Waals surface area contributed by atoms with Gasteiger partial charge in [0.2, 0.25) is 5.91 Å². The number of carbonyl (C=O) groups is 1. The van der Waals surface area contributed by atoms with Gasteiger partial charge in [0, 0.05) is 61.8 Å². The van der Waals surface area contributed by atoms with E-state index in [1.54, 1.807) is 0 Å². The monoisotopic (exact) mass is 522 g/mol. The second kappa shape index (κ2) is 12.6. The number of hydrogen-bond donors (Lipinski definition) is 0. The maximum Gasteiger partial charge on any atom is 0.223 e. The van der Waals surface area contributed by atoms with Crippen LogP contribution < -0.4 is 4.74 Å². The van der Waals surface area contributed by atoms with Gasteiger partial charge in [-0.1, -0.05) is 48.9 Å². The molecule has 7 heteroatoms. The van der Waals surface area contributed by atoms with E-state index in [4.69, 9.17) is 16.3 Å². The third-order valence-electron chi connectivity index (χ3n) is 7.18. The number of carbonyl (C=O) groups excluding carboxylic acids is 1. The predicted molar refractivity (Wildman–Crippen MR) is 149 cm³/mol. The number of benzene rings is 2. The third kappa shape index (κ3) is 7.59. The third-order valence-corrected chi connectivity index (χ3v) is 7.60. The first-order valence-electron chi connectivity index (χ1n) is 13.3. The van der Waals surface area contributed by atoms with E-state index in [0.29, 0.717) is 19.6 Å². The first kappa shape index (κ1) is 27.2. The van der Waals surface area contributed by atoms with Gasteiger partial charge in [0.25, 0.3) is 0 Å². The van der Waals surface area contributed by atoms with Gasteiger partial charge in [-0.05, 0) is 62.1 Å². The van der Waals surface area contributed by atoms with Crippen molar-refractivity contribution in [2.75, 3.05) is 26.7 Å². The van der Waals surface area contributed by atoms with E-state index >= 15 is 0 Å². The van der Waals surface area contributed by atoms with Crippen LogP contribution in [0, 0.1) is 12.3 Å². The number of aryl methyl sites for hydroxylation is 2. The first-order chi connectivity index (χ1) is 17.9. The second-order valence-corrected chi connectivity index (χ2v) is 10.9. The molecule has 6 nitrogen and oxygen atoms in total. The van der Waals surface area contributed by atoms with Gasteiger partial charge in [-0.2, -0.15) is 5.10 Å². The molecule has 0 saturated carbocycles. The Kier molecular flexibility index (Phi) is 9.28. The van der Waals surface area contributed by atoms with Crippen molar-refractivity contribution in [3.05, 3.63) is 82.6 Å². The Balaban J connectivity index is 1.48. The minimum absolute atomic E-state index is 0.150. The normalized spacial score (nSPS) is 18.1. The molecule has 0 N–H and O–H groups in total. The Morgan fingerprint density at radius 2 is 2.00 bits per heavy atom. The number of aromatic nitrogens is 2. The van der Waals surface area contributed by atoms with Crippen LogP contribution in [-0.2, 0) is 24.4 Å². The SMILES string of the molecule is CCCn1cc(CN2CCCC(COc3ccc(Cl)c(C)c3)(CC(=O)N(C)Cc3ccccc3)C2)cn1. The van der Waals surface area contributed by atoms with Crippen molar-refractivity contribution in [3.63, 3.8) is 0 Å². The standard InChI is InChI=1S/C30H39ClN4O2/c1-4-14-35-21-26(18-32-35)20-34-15-8-13-30(22-34,23-37-27-11-12-28(31)24(2)16-27)17-29(36)33(3)19-25-9-6-5-7-10-25/h5-7,9-12,16,18,21H,4,8,13-15,17,19-20,22-23H2,1-3H3. The average Bonchev–Trinajstić information content (AvgIpc) is 3.32. The van der Waals surface area contributed by atoms with Gasteiger partial charge >= 0.3 is 0 Å². The van der Waals surface area contributed by atoms with Crippen LogP contribution in [0.1, 0.15) is 49.3 Å². The van der Waals surface area contributed by atoms with Gasteiger partial charge < -0.3 is 9.64 Å². The maximum absolute atomic E-state index is 13.5. The number of amides is 1. The van der Waals surface area contributed by atoms with Crippen LogP contribution >= 0.6 is 11.6 Å². The number of ether oxygens (including phenoxy) is 1. The molecule has 1 aliphatic heterocycles. The highest BCUT2D eigenvalue weighted by molar-refractivity contribution is 6.31. The fourth-order valence-corrected chi connectivity index (χ4v) is 5.32. The zero-order chi connectivity index (χ0) is 26.3. The van der Waals surface area contributed by atoms with Crippen LogP contribution in [0.3, 0.4) is 0 Å². The summed E-state index contributed by atoms with van der Waals surface area (Å²) in [6, 6.07) is 15.9. The lowest BCUT2D eigenvalue weighted by Crippen LogP contribution is -2.48. The Morgan fingerprint density at radius 3 is 2.76 bits per heavy atom. The van der Waals surface area contributed by atoms with Crippen molar-refractivity contribution >= 4 is 17.5 Å². The summed E-state index contributed by atoms with van der Waals surface area (Å²) in [5.74, 6) is 0.946. The molecule has 2 aromatic carbocycles. The maximum atomic E-state index is 13.5. The molecule has 1 saturated heterocycles. The van der Waals surface area contributed by atoms with E-state index < -0.39 is 0 Å². The average molecular weight is 523 g/mol. The second-order valence-electron chi connectivity index (χ2n) is 10.5. The Hall–Kier alpha value is -2.83. The molecule has 1 unspecified atom stereocenters. The number of nitrogens with zero attached hydrogens (tertiary/aromatic N) is 4. The van der Waals surface area contributed by atoms with Gasteiger partial charge in [0.15, 0.2) is 0 Å². The molecule has 1 aliphatic rings. The molecule has 2 heterocycles. The Morgan fingerprint density at radius 1 is 1.19 bits per heavy atom. The van der Waals surface area contributed by atoms with Gasteiger partial charge in [0.1, 0.15) is 5.75 Å². The molecule has 1 atom stereocenters. The summed E-state index contributed by atoms with van der Waals surface area (Å²) in [6.07, 6.45) is 7.61. The molecule has 1 amide bonds. The molecule has 1 aromatic heterocycles. The van der Waals surface area contributed by atoms with Crippen molar-refractivity contribution < 1.29 is 9.53 Å². The molecule has 1 fully saturated rings. The quantitative estimate of drug-likeness (QED) is 0.311. The summed E-state index contributed by atoms with van der Waals surface area (Å²) in [5.41, 5.74) is 3.06. The van der Waals surface area contributed by atoms with Crippen LogP contribution in [0.25, 0.3) is 0 Å². The molecule has 0 radical (unpaired) electrons. The highest BCUT2D eigenvalue weighted by Crippen LogP contribution is 2.36. The summed E-state index contributed by atoms with van der Waals surface area (Å²) < 4.78 is 8.36. The van der Waals surface area contributed by atoms with E-state index in [0.717, 1.165) is 67.3 Å². The zero-order valence-electron chi connectivity index (χ0n) is 22.3. The fraction of sp³-hybridized carbons (Fsp3) is 0.467. The molecular formula is C30H39ClN4O2. The molecule has 3 aromatic rings. The van der Waals surface area contributed by atoms with E-state index in [1.165, 1.54) is 5.56 Å². The highest BCUT2D eigenvalue weighted by atomic mass is 35.5. The number of halogens is 1. The first-order valence-corrected chi connectivity index (χ1v) is 13.6. The van der Waals surface area contributed by atoms with Crippen LogP contribution in [0.5, 0.6) is 5.75 Å². The largest absolute Gasteiger partial charge is 0.493 e. The summed E-state index contributed by atoms with van der Waals surface area (Å²) in [4.78, 5) is 17.8. The molecular weight excluding hydrogens is 484 g/mol. The molecule has 4 rings (SSSR count).